The molecule has 0 unspecified atom stereocenters. The molecule has 1 saturated carbocycles. The number of anilines is 1. The molecule has 0 aliphatic heterocycles. The first-order valence-corrected chi connectivity index (χ1v) is 5.72. The summed E-state index contributed by atoms with van der Waals surface area (Å²) in [4.78, 5) is 25.8. The molecule has 1 fully saturated rings. The van der Waals surface area contributed by atoms with Gasteiger partial charge < -0.3 is 5.11 Å². The number of carbonyl (C=O) groups excluding carboxylic acids is 1. The van der Waals surface area contributed by atoms with Crippen LogP contribution in [0.25, 0.3) is 0 Å². The van der Waals surface area contributed by atoms with Crippen molar-refractivity contribution in [1.29, 1.82) is 0 Å². The smallest absolute Gasteiger partial charge is 0.471 e. The van der Waals surface area contributed by atoms with Crippen LogP contribution in [0.15, 0.2) is 6.20 Å². The lowest BCUT2D eigenvalue weighted by Gasteiger charge is -2.20. The fraction of sp³-hybridized carbons (Fsp3) is 0.444. The van der Waals surface area contributed by atoms with Crippen LogP contribution in [-0.2, 0) is 4.79 Å². The van der Waals surface area contributed by atoms with Crippen molar-refractivity contribution in [3.63, 3.8) is 0 Å². The van der Waals surface area contributed by atoms with Crippen LogP contribution in [0.2, 0.25) is 0 Å². The van der Waals surface area contributed by atoms with Crippen LogP contribution in [0, 0.1) is 0 Å². The van der Waals surface area contributed by atoms with Gasteiger partial charge in [0.1, 0.15) is 4.88 Å². The van der Waals surface area contributed by atoms with Gasteiger partial charge in [-0.05, 0) is 12.8 Å². The lowest BCUT2D eigenvalue weighted by atomic mass is 10.4. The highest BCUT2D eigenvalue weighted by molar-refractivity contribution is 7.17. The van der Waals surface area contributed by atoms with Crippen LogP contribution < -0.4 is 4.90 Å². The number of rotatable bonds is 3. The Kier molecular flexibility index (Phi) is 3.01. The predicted octanol–water partition coefficient (Wildman–Crippen LogP) is 1.90. The highest BCUT2D eigenvalue weighted by Crippen LogP contribution is 2.37. The lowest BCUT2D eigenvalue weighted by molar-refractivity contribution is -0.170. The third-order valence-corrected chi connectivity index (χ3v) is 3.27. The lowest BCUT2D eigenvalue weighted by Crippen LogP contribution is -2.42. The largest absolute Gasteiger partial charge is 0.477 e. The van der Waals surface area contributed by atoms with Crippen molar-refractivity contribution in [3.8, 4) is 0 Å². The van der Waals surface area contributed by atoms with Crippen molar-refractivity contribution in [3.05, 3.63) is 11.1 Å². The Morgan fingerprint density at radius 3 is 2.44 bits per heavy atom. The molecule has 0 spiro atoms. The highest BCUT2D eigenvalue weighted by Gasteiger charge is 2.48. The molecule has 1 aliphatic rings. The summed E-state index contributed by atoms with van der Waals surface area (Å²) in [6, 6.07) is -0.535. The number of halogens is 3. The van der Waals surface area contributed by atoms with Crippen LogP contribution in [0.5, 0.6) is 0 Å². The Morgan fingerprint density at radius 1 is 1.44 bits per heavy atom. The van der Waals surface area contributed by atoms with Crippen LogP contribution in [0.1, 0.15) is 22.5 Å². The second-order valence-electron chi connectivity index (χ2n) is 3.72. The number of carbonyl (C=O) groups is 2. The van der Waals surface area contributed by atoms with E-state index in [0.29, 0.717) is 29.1 Å². The maximum Gasteiger partial charge on any atom is 0.471 e. The van der Waals surface area contributed by atoms with Gasteiger partial charge in [-0.25, -0.2) is 9.78 Å². The van der Waals surface area contributed by atoms with Gasteiger partial charge in [0.15, 0.2) is 5.13 Å². The molecule has 1 heterocycles. The molecule has 5 nitrogen and oxygen atoms in total. The first-order chi connectivity index (χ1) is 8.30. The van der Waals surface area contributed by atoms with Crippen molar-refractivity contribution in [2.24, 2.45) is 0 Å². The maximum atomic E-state index is 12.4. The molecule has 1 aromatic rings. The molecule has 18 heavy (non-hydrogen) atoms. The summed E-state index contributed by atoms with van der Waals surface area (Å²) in [5.41, 5.74) is 0. The Bertz CT molecular complexity index is 495. The van der Waals surface area contributed by atoms with E-state index in [9.17, 15) is 22.8 Å². The number of aromatic carboxylic acids is 1. The minimum atomic E-state index is -4.99. The second-order valence-corrected chi connectivity index (χ2v) is 4.73. The molecule has 2 rings (SSSR count). The molecule has 0 aromatic carbocycles. The number of aromatic nitrogens is 1. The zero-order chi connectivity index (χ0) is 13.5. The van der Waals surface area contributed by atoms with Crippen molar-refractivity contribution in [1.82, 2.24) is 4.98 Å². The highest BCUT2D eigenvalue weighted by atomic mass is 32.1. The van der Waals surface area contributed by atoms with Crippen LogP contribution in [0.4, 0.5) is 18.3 Å². The number of hydrogen-bond donors (Lipinski definition) is 1. The van der Waals surface area contributed by atoms with E-state index in [-0.39, 0.29) is 10.0 Å². The van der Waals surface area contributed by atoms with Gasteiger partial charge in [0.2, 0.25) is 0 Å². The number of carboxylic acids is 1. The van der Waals surface area contributed by atoms with Crippen molar-refractivity contribution < 1.29 is 27.9 Å². The van der Waals surface area contributed by atoms with E-state index in [0.717, 1.165) is 6.20 Å². The molecular weight excluding hydrogens is 273 g/mol. The monoisotopic (exact) mass is 280 g/mol. The topological polar surface area (TPSA) is 70.5 Å². The van der Waals surface area contributed by atoms with E-state index in [2.05, 4.69) is 4.98 Å². The van der Waals surface area contributed by atoms with Gasteiger partial charge >= 0.3 is 18.1 Å². The fourth-order valence-electron chi connectivity index (χ4n) is 1.35. The Labute approximate surface area is 103 Å². The van der Waals surface area contributed by atoms with Crippen molar-refractivity contribution in [2.75, 3.05) is 4.90 Å². The fourth-order valence-corrected chi connectivity index (χ4v) is 2.18. The van der Waals surface area contributed by atoms with Gasteiger partial charge in [0, 0.05) is 6.04 Å². The second kappa shape index (κ2) is 4.23. The summed E-state index contributed by atoms with van der Waals surface area (Å²) in [5, 5.41) is 8.45. The average molecular weight is 280 g/mol. The van der Waals surface area contributed by atoms with Crippen LogP contribution in [-0.4, -0.2) is 34.2 Å². The van der Waals surface area contributed by atoms with Gasteiger partial charge in [0.25, 0.3) is 0 Å². The van der Waals surface area contributed by atoms with Gasteiger partial charge in [-0.1, -0.05) is 11.3 Å². The normalized spacial score (nSPS) is 15.5. The average Bonchev–Trinajstić information content (AvgIpc) is 2.94. The summed E-state index contributed by atoms with van der Waals surface area (Å²) in [7, 11) is 0. The SMILES string of the molecule is O=C(O)c1cnc(N(C(=O)C(F)(F)F)C2CC2)s1. The minimum Gasteiger partial charge on any atom is -0.477 e. The Hall–Kier alpha value is -1.64. The number of amides is 1. The number of carboxylic acid groups (broad SMARTS) is 1. The Morgan fingerprint density at radius 2 is 2.06 bits per heavy atom. The molecular formula is C9H7F3N2O3S. The minimum absolute atomic E-state index is 0.203. The number of hydrogen-bond acceptors (Lipinski definition) is 4. The number of alkyl halides is 3. The van der Waals surface area contributed by atoms with E-state index in [1.807, 2.05) is 0 Å². The van der Waals surface area contributed by atoms with E-state index < -0.39 is 24.1 Å². The van der Waals surface area contributed by atoms with Crippen molar-refractivity contribution in [2.45, 2.75) is 25.1 Å². The van der Waals surface area contributed by atoms with E-state index in [1.165, 1.54) is 0 Å². The molecule has 0 bridgehead atoms. The first-order valence-electron chi connectivity index (χ1n) is 4.90. The Balaban J connectivity index is 2.30. The van der Waals surface area contributed by atoms with Crippen LogP contribution in [0.3, 0.4) is 0 Å². The molecule has 1 amide bonds. The molecule has 0 atom stereocenters. The van der Waals surface area contributed by atoms with Gasteiger partial charge in [-0.15, -0.1) is 0 Å². The van der Waals surface area contributed by atoms with Crippen LogP contribution >= 0.6 is 11.3 Å². The molecule has 1 aromatic heterocycles. The van der Waals surface area contributed by atoms with E-state index in [1.54, 1.807) is 0 Å². The molecule has 0 saturated heterocycles. The number of nitrogens with zero attached hydrogens (tertiary/aromatic N) is 2. The molecule has 1 N–H and O–H groups in total. The van der Waals surface area contributed by atoms with Gasteiger partial charge in [-0.2, -0.15) is 13.2 Å². The quantitative estimate of drug-likeness (QED) is 0.918. The van der Waals surface area contributed by atoms with Gasteiger partial charge in [-0.3, -0.25) is 9.69 Å². The summed E-state index contributed by atoms with van der Waals surface area (Å²) in [5.74, 6) is -3.29. The summed E-state index contributed by atoms with van der Waals surface area (Å²) in [6.45, 7) is 0. The molecule has 98 valence electrons. The summed E-state index contributed by atoms with van der Waals surface area (Å²) >= 11 is 0.556. The number of thiazole rings is 1. The summed E-state index contributed by atoms with van der Waals surface area (Å²) < 4.78 is 37.2. The third-order valence-electron chi connectivity index (χ3n) is 2.28. The van der Waals surface area contributed by atoms with Crippen molar-refractivity contribution >= 4 is 28.3 Å². The molecule has 0 radical (unpaired) electrons. The standard InChI is InChI=1S/C9H7F3N2O3S/c10-9(11,12)7(17)14(4-1-2-4)8-13-3-5(18-8)6(15)16/h3-4H,1-2H2,(H,15,16). The zero-order valence-corrected chi connectivity index (χ0v) is 9.59. The summed E-state index contributed by atoms with van der Waals surface area (Å²) in [6.07, 6.45) is -3.12. The van der Waals surface area contributed by atoms with E-state index >= 15 is 0 Å². The van der Waals surface area contributed by atoms with E-state index in [4.69, 9.17) is 5.11 Å². The van der Waals surface area contributed by atoms with Gasteiger partial charge in [0.05, 0.1) is 6.20 Å². The predicted molar refractivity (Wildman–Crippen MR) is 55.6 cm³/mol. The first kappa shape index (κ1) is 12.8. The third kappa shape index (κ3) is 2.45. The molecule has 1 aliphatic carbocycles. The molecule has 9 heteroatoms. The maximum absolute atomic E-state index is 12.4. The zero-order valence-electron chi connectivity index (χ0n) is 8.77.